The Kier molecular flexibility index (Phi) is 3.53. The van der Waals surface area contributed by atoms with Gasteiger partial charge in [-0.15, -0.1) is 11.3 Å². The number of primary amides is 1. The molecule has 4 nitrogen and oxygen atoms in total. The lowest BCUT2D eigenvalue weighted by Gasteiger charge is -2.14. The molecule has 2 rings (SSSR count). The minimum absolute atomic E-state index is 0.158. The van der Waals surface area contributed by atoms with Crippen LogP contribution in [-0.4, -0.2) is 30.3 Å². The van der Waals surface area contributed by atoms with E-state index in [1.54, 1.807) is 19.1 Å². The number of hydrogen-bond acceptors (Lipinski definition) is 3. The van der Waals surface area contributed by atoms with Crippen LogP contribution >= 0.6 is 11.3 Å². The van der Waals surface area contributed by atoms with E-state index < -0.39 is 5.91 Å². The Morgan fingerprint density at radius 2 is 2.11 bits per heavy atom. The Labute approximate surface area is 113 Å². The van der Waals surface area contributed by atoms with Crippen LogP contribution in [-0.2, 0) is 4.79 Å². The number of carbonyl (C=O) groups excluding carboxylic acids is 2. The summed E-state index contributed by atoms with van der Waals surface area (Å²) >= 11 is 1.22. The van der Waals surface area contributed by atoms with Crippen molar-refractivity contribution in [3.63, 3.8) is 0 Å². The quantitative estimate of drug-likeness (QED) is 0.933. The second-order valence-corrected chi connectivity index (χ2v) is 5.35. The highest BCUT2D eigenvalue weighted by Gasteiger charge is 2.21. The molecule has 1 aromatic carbocycles. The van der Waals surface area contributed by atoms with E-state index >= 15 is 0 Å². The zero-order valence-corrected chi connectivity index (χ0v) is 11.4. The van der Waals surface area contributed by atoms with Crippen LogP contribution in [0.4, 0.5) is 4.39 Å². The molecule has 2 aromatic rings. The summed E-state index contributed by atoms with van der Waals surface area (Å²) in [7, 11) is 1.49. The highest BCUT2D eigenvalue weighted by atomic mass is 32.1. The summed E-state index contributed by atoms with van der Waals surface area (Å²) in [6.45, 7) is 1.54. The van der Waals surface area contributed by atoms with Gasteiger partial charge in [0.05, 0.1) is 11.4 Å². The number of likely N-dealkylation sites (N-methyl/N-ethyl adjacent to an activating group) is 1. The maximum atomic E-state index is 13.7. The minimum Gasteiger partial charge on any atom is -0.368 e. The molecule has 0 bridgehead atoms. The Balaban J connectivity index is 2.46. The molecule has 0 saturated heterocycles. The normalized spacial score (nSPS) is 10.7. The molecule has 0 atom stereocenters. The monoisotopic (exact) mass is 280 g/mol. The lowest BCUT2D eigenvalue weighted by atomic mass is 10.1. The minimum atomic E-state index is -0.583. The summed E-state index contributed by atoms with van der Waals surface area (Å²) in [4.78, 5) is 24.7. The first-order valence-corrected chi connectivity index (χ1v) is 6.45. The number of carbonyl (C=O) groups is 2. The number of thiophene rings is 1. The Hall–Kier alpha value is -1.95. The maximum Gasteiger partial charge on any atom is 0.264 e. The summed E-state index contributed by atoms with van der Waals surface area (Å²) in [6, 6.07) is 4.74. The van der Waals surface area contributed by atoms with Gasteiger partial charge in [0.2, 0.25) is 5.91 Å². The van der Waals surface area contributed by atoms with Gasteiger partial charge in [-0.1, -0.05) is 6.07 Å². The zero-order valence-electron chi connectivity index (χ0n) is 10.6. The molecule has 1 aromatic heterocycles. The molecule has 0 fully saturated rings. The van der Waals surface area contributed by atoms with Crippen LogP contribution in [0.1, 0.15) is 15.2 Å². The molecule has 100 valence electrons. The average molecular weight is 280 g/mol. The van der Waals surface area contributed by atoms with Crippen molar-refractivity contribution in [2.24, 2.45) is 5.73 Å². The molecule has 0 aliphatic carbocycles. The third kappa shape index (κ3) is 2.44. The highest BCUT2D eigenvalue weighted by Crippen LogP contribution is 2.33. The van der Waals surface area contributed by atoms with E-state index in [0.717, 1.165) is 0 Å². The van der Waals surface area contributed by atoms with Gasteiger partial charge in [-0.05, 0) is 24.6 Å². The third-order valence-electron chi connectivity index (χ3n) is 2.84. The predicted octanol–water partition coefficient (Wildman–Crippen LogP) is 1.91. The lowest BCUT2D eigenvalue weighted by Crippen LogP contribution is -2.35. The van der Waals surface area contributed by atoms with Crippen LogP contribution < -0.4 is 5.73 Å². The van der Waals surface area contributed by atoms with Crippen LogP contribution in [0.25, 0.3) is 10.1 Å². The number of halogens is 1. The molecular formula is C13H13FN2O2S. The van der Waals surface area contributed by atoms with Crippen LogP contribution in [0.5, 0.6) is 0 Å². The van der Waals surface area contributed by atoms with Gasteiger partial charge >= 0.3 is 0 Å². The van der Waals surface area contributed by atoms with Gasteiger partial charge in [0.25, 0.3) is 5.91 Å². The van der Waals surface area contributed by atoms with Gasteiger partial charge in [0.1, 0.15) is 5.82 Å². The molecule has 2 amide bonds. The zero-order chi connectivity index (χ0) is 14.2. The Morgan fingerprint density at radius 1 is 1.42 bits per heavy atom. The van der Waals surface area contributed by atoms with E-state index in [1.807, 2.05) is 0 Å². The SMILES string of the molecule is Cc1c(C(=O)N(C)CC(N)=O)sc2cccc(F)c12. The molecular weight excluding hydrogens is 267 g/mol. The second kappa shape index (κ2) is 4.97. The van der Waals surface area contributed by atoms with Gasteiger partial charge in [0, 0.05) is 17.1 Å². The highest BCUT2D eigenvalue weighted by molar-refractivity contribution is 7.21. The molecule has 19 heavy (non-hydrogen) atoms. The van der Waals surface area contributed by atoms with Crippen molar-refractivity contribution >= 4 is 33.2 Å². The summed E-state index contributed by atoms with van der Waals surface area (Å²) in [5, 5.41) is 0.461. The third-order valence-corrected chi connectivity index (χ3v) is 4.08. The fourth-order valence-corrected chi connectivity index (χ4v) is 3.15. The molecule has 0 aliphatic heterocycles. The van der Waals surface area contributed by atoms with Crippen molar-refractivity contribution in [1.82, 2.24) is 4.90 Å². The van der Waals surface area contributed by atoms with Crippen LogP contribution in [0.15, 0.2) is 18.2 Å². The Bertz CT molecular complexity index is 666. The molecule has 6 heteroatoms. The standard InChI is InChI=1S/C13H13FN2O2S/c1-7-11-8(14)4-3-5-9(11)19-12(7)13(18)16(2)6-10(15)17/h3-5H,6H2,1-2H3,(H2,15,17). The van der Waals surface area contributed by atoms with Crippen molar-refractivity contribution in [1.29, 1.82) is 0 Å². The van der Waals surface area contributed by atoms with E-state index in [0.29, 0.717) is 20.5 Å². The number of nitrogens with two attached hydrogens (primary N) is 1. The largest absolute Gasteiger partial charge is 0.368 e. The van der Waals surface area contributed by atoms with Gasteiger partial charge in [0.15, 0.2) is 0 Å². The fraction of sp³-hybridized carbons (Fsp3) is 0.231. The van der Waals surface area contributed by atoms with Gasteiger partial charge in [-0.25, -0.2) is 4.39 Å². The number of fused-ring (bicyclic) bond motifs is 1. The van der Waals surface area contributed by atoms with Gasteiger partial charge in [-0.3, -0.25) is 9.59 Å². The fourth-order valence-electron chi connectivity index (χ4n) is 1.94. The lowest BCUT2D eigenvalue weighted by molar-refractivity contribution is -0.118. The number of rotatable bonds is 3. The topological polar surface area (TPSA) is 63.4 Å². The summed E-state index contributed by atoms with van der Waals surface area (Å²) < 4.78 is 14.5. The van der Waals surface area contributed by atoms with Crippen LogP contribution in [0.3, 0.4) is 0 Å². The first-order chi connectivity index (χ1) is 8.91. The van der Waals surface area contributed by atoms with Crippen molar-refractivity contribution in [2.45, 2.75) is 6.92 Å². The molecule has 0 spiro atoms. The Morgan fingerprint density at radius 3 is 2.68 bits per heavy atom. The van der Waals surface area contributed by atoms with Gasteiger partial charge < -0.3 is 10.6 Å². The van der Waals surface area contributed by atoms with Crippen molar-refractivity contribution < 1.29 is 14.0 Å². The summed E-state index contributed by atoms with van der Waals surface area (Å²) in [5.74, 6) is -1.25. The number of amides is 2. The molecule has 2 N–H and O–H groups in total. The predicted molar refractivity (Wildman–Crippen MR) is 72.7 cm³/mol. The maximum absolute atomic E-state index is 13.7. The molecule has 0 aliphatic rings. The summed E-state index contributed by atoms with van der Waals surface area (Å²) in [5.41, 5.74) is 5.65. The molecule has 0 radical (unpaired) electrons. The number of benzene rings is 1. The second-order valence-electron chi connectivity index (χ2n) is 4.30. The van der Waals surface area contributed by atoms with Crippen molar-refractivity contribution in [2.75, 3.05) is 13.6 Å². The van der Waals surface area contributed by atoms with E-state index in [-0.39, 0.29) is 18.3 Å². The van der Waals surface area contributed by atoms with E-state index in [2.05, 4.69) is 0 Å². The first-order valence-electron chi connectivity index (χ1n) is 5.63. The van der Waals surface area contributed by atoms with Crippen LogP contribution in [0.2, 0.25) is 0 Å². The van der Waals surface area contributed by atoms with E-state index in [4.69, 9.17) is 5.73 Å². The van der Waals surface area contributed by atoms with Crippen molar-refractivity contribution in [3.8, 4) is 0 Å². The number of nitrogens with zero attached hydrogens (tertiary/aromatic N) is 1. The first kappa shape index (κ1) is 13.5. The summed E-state index contributed by atoms with van der Waals surface area (Å²) in [6.07, 6.45) is 0. The molecule has 0 unspecified atom stereocenters. The van der Waals surface area contributed by atoms with Crippen molar-refractivity contribution in [3.05, 3.63) is 34.5 Å². The van der Waals surface area contributed by atoms with Gasteiger partial charge in [-0.2, -0.15) is 0 Å². The van der Waals surface area contributed by atoms with Crippen LogP contribution in [0, 0.1) is 12.7 Å². The smallest absolute Gasteiger partial charge is 0.264 e. The number of aryl methyl sites for hydroxylation is 1. The number of hydrogen-bond donors (Lipinski definition) is 1. The molecule has 1 heterocycles. The molecule has 0 saturated carbocycles. The average Bonchev–Trinajstić information content (AvgIpc) is 2.66. The van der Waals surface area contributed by atoms with E-state index in [9.17, 15) is 14.0 Å². The van der Waals surface area contributed by atoms with E-state index in [1.165, 1.54) is 29.4 Å².